The Bertz CT molecular complexity index is 1490. The highest BCUT2D eigenvalue weighted by Gasteiger charge is 2.20. The number of nitrogens with one attached hydrogen (secondary N) is 1. The van der Waals surface area contributed by atoms with Gasteiger partial charge in [0.05, 0.1) is 44.0 Å². The van der Waals surface area contributed by atoms with Crippen LogP contribution in [0.15, 0.2) is 76.0 Å². The highest BCUT2D eigenvalue weighted by Crippen LogP contribution is 2.29. The lowest BCUT2D eigenvalue weighted by molar-refractivity contribution is 0.121. The number of phenols is 1. The fourth-order valence-corrected chi connectivity index (χ4v) is 4.49. The SMILES string of the molecule is Oc1ccc(N=Nc2cccc3ccccc23)cc1C=NNc1nc(N2CCOCC2)nc(N2CCOCC2)n1. The minimum absolute atomic E-state index is 0.0633. The van der Waals surface area contributed by atoms with E-state index >= 15 is 0 Å². The second kappa shape index (κ2) is 12.0. The molecule has 0 unspecified atom stereocenters. The van der Waals surface area contributed by atoms with Gasteiger partial charge in [0.15, 0.2) is 0 Å². The molecule has 2 aliphatic heterocycles. The number of aromatic nitrogens is 3. The third-order valence-electron chi connectivity index (χ3n) is 6.62. The lowest BCUT2D eigenvalue weighted by Gasteiger charge is -2.30. The van der Waals surface area contributed by atoms with Crippen LogP contribution in [-0.4, -0.2) is 78.9 Å². The van der Waals surface area contributed by atoms with Crippen molar-refractivity contribution in [1.29, 1.82) is 0 Å². The molecule has 2 aliphatic rings. The van der Waals surface area contributed by atoms with Crippen molar-refractivity contribution in [1.82, 2.24) is 15.0 Å². The molecule has 204 valence electrons. The molecule has 2 fully saturated rings. The van der Waals surface area contributed by atoms with Crippen LogP contribution in [0.5, 0.6) is 5.75 Å². The van der Waals surface area contributed by atoms with Crippen molar-refractivity contribution in [3.05, 3.63) is 66.2 Å². The number of hydrogen-bond acceptors (Lipinski definition) is 12. The van der Waals surface area contributed by atoms with Crippen molar-refractivity contribution in [3.8, 4) is 5.75 Å². The Morgan fingerprint density at radius 1 is 0.775 bits per heavy atom. The molecule has 0 saturated carbocycles. The molecular formula is C28H29N9O3. The molecule has 40 heavy (non-hydrogen) atoms. The third kappa shape index (κ3) is 5.98. The number of fused-ring (bicyclic) bond motifs is 1. The van der Waals surface area contributed by atoms with Crippen molar-refractivity contribution in [2.75, 3.05) is 67.8 Å². The average molecular weight is 540 g/mol. The highest BCUT2D eigenvalue weighted by atomic mass is 16.5. The molecule has 0 aliphatic carbocycles. The molecule has 2 N–H and O–H groups in total. The van der Waals surface area contributed by atoms with E-state index in [0.717, 1.165) is 16.5 Å². The first-order valence-corrected chi connectivity index (χ1v) is 13.2. The maximum atomic E-state index is 10.4. The van der Waals surface area contributed by atoms with Gasteiger partial charge in [-0.15, -0.1) is 5.11 Å². The molecular weight excluding hydrogens is 510 g/mol. The number of hydrogen-bond donors (Lipinski definition) is 2. The predicted molar refractivity (Wildman–Crippen MR) is 153 cm³/mol. The summed E-state index contributed by atoms with van der Waals surface area (Å²) in [6.07, 6.45) is 1.50. The maximum Gasteiger partial charge on any atom is 0.250 e. The molecule has 0 spiro atoms. The summed E-state index contributed by atoms with van der Waals surface area (Å²) >= 11 is 0. The Balaban J connectivity index is 1.21. The van der Waals surface area contributed by atoms with Crippen LogP contribution in [0.2, 0.25) is 0 Å². The summed E-state index contributed by atoms with van der Waals surface area (Å²) in [5.74, 6) is 1.50. The van der Waals surface area contributed by atoms with Crippen molar-refractivity contribution >= 4 is 46.2 Å². The Morgan fingerprint density at radius 3 is 2.17 bits per heavy atom. The number of benzene rings is 3. The third-order valence-corrected chi connectivity index (χ3v) is 6.62. The number of rotatable bonds is 7. The summed E-state index contributed by atoms with van der Waals surface area (Å²) in [5, 5.41) is 25.7. The van der Waals surface area contributed by atoms with E-state index in [2.05, 4.69) is 40.5 Å². The summed E-state index contributed by atoms with van der Waals surface area (Å²) in [6.45, 7) is 5.26. The van der Waals surface area contributed by atoms with Crippen molar-refractivity contribution in [2.24, 2.45) is 15.3 Å². The minimum Gasteiger partial charge on any atom is -0.507 e. The van der Waals surface area contributed by atoms with Crippen LogP contribution in [0.25, 0.3) is 10.8 Å². The largest absolute Gasteiger partial charge is 0.507 e. The number of anilines is 3. The molecule has 3 heterocycles. The Morgan fingerprint density at radius 2 is 1.45 bits per heavy atom. The second-order valence-corrected chi connectivity index (χ2v) is 9.27. The molecule has 3 aromatic carbocycles. The van der Waals surface area contributed by atoms with Crippen LogP contribution in [0.4, 0.5) is 29.2 Å². The molecule has 0 radical (unpaired) electrons. The van der Waals surface area contributed by atoms with Crippen LogP contribution in [0, 0.1) is 0 Å². The van der Waals surface area contributed by atoms with E-state index in [4.69, 9.17) is 14.5 Å². The van der Waals surface area contributed by atoms with Crippen LogP contribution in [0.1, 0.15) is 5.56 Å². The first-order chi connectivity index (χ1) is 19.7. The molecule has 4 aromatic rings. The van der Waals surface area contributed by atoms with E-state index in [1.165, 1.54) is 6.21 Å². The summed E-state index contributed by atoms with van der Waals surface area (Å²) in [4.78, 5) is 18.0. The van der Waals surface area contributed by atoms with Gasteiger partial charge in [0.25, 0.3) is 0 Å². The Hall–Kier alpha value is -4.68. The number of azo groups is 1. The highest BCUT2D eigenvalue weighted by molar-refractivity contribution is 5.92. The molecule has 0 amide bonds. The second-order valence-electron chi connectivity index (χ2n) is 9.27. The van der Waals surface area contributed by atoms with Gasteiger partial charge >= 0.3 is 0 Å². The summed E-state index contributed by atoms with van der Waals surface area (Å²) in [6, 6.07) is 18.9. The molecule has 12 nitrogen and oxygen atoms in total. The lowest BCUT2D eigenvalue weighted by Crippen LogP contribution is -2.40. The fraction of sp³-hybridized carbons (Fsp3) is 0.286. The van der Waals surface area contributed by atoms with Gasteiger partial charge in [-0.25, -0.2) is 5.43 Å². The van der Waals surface area contributed by atoms with Gasteiger partial charge < -0.3 is 24.4 Å². The zero-order chi connectivity index (χ0) is 27.1. The van der Waals surface area contributed by atoms with Crippen LogP contribution in [0.3, 0.4) is 0 Å². The first kappa shape index (κ1) is 25.6. The zero-order valence-electron chi connectivity index (χ0n) is 21.8. The van der Waals surface area contributed by atoms with Crippen LogP contribution < -0.4 is 15.2 Å². The van der Waals surface area contributed by atoms with Gasteiger partial charge in [-0.2, -0.15) is 25.2 Å². The van der Waals surface area contributed by atoms with Crippen molar-refractivity contribution in [3.63, 3.8) is 0 Å². The van der Waals surface area contributed by atoms with Gasteiger partial charge in [0.1, 0.15) is 5.75 Å². The van der Waals surface area contributed by atoms with Crippen LogP contribution in [-0.2, 0) is 9.47 Å². The van der Waals surface area contributed by atoms with Crippen LogP contribution >= 0.6 is 0 Å². The first-order valence-electron chi connectivity index (χ1n) is 13.2. The summed E-state index contributed by atoms with van der Waals surface area (Å²) in [5.41, 5.74) is 4.72. The van der Waals surface area contributed by atoms with E-state index < -0.39 is 0 Å². The fourth-order valence-electron chi connectivity index (χ4n) is 4.49. The standard InChI is InChI=1S/C28H29N9O3/c38-25-9-8-22(33-34-24-7-3-5-20-4-1-2-6-23(20)24)18-21(25)19-29-35-26-30-27(36-10-14-39-15-11-36)32-28(31-26)37-12-16-40-17-13-37/h1-9,18-19,38H,10-17H2,(H,30,31,32,35). The van der Waals surface area contributed by atoms with E-state index in [-0.39, 0.29) is 5.75 Å². The van der Waals surface area contributed by atoms with Gasteiger partial charge in [-0.1, -0.05) is 36.4 Å². The predicted octanol–water partition coefficient (Wildman–Crippen LogP) is 4.27. The van der Waals surface area contributed by atoms with Gasteiger partial charge in [-0.3, -0.25) is 0 Å². The topological polar surface area (TPSA) is 133 Å². The van der Waals surface area contributed by atoms with Gasteiger partial charge in [-0.05, 0) is 29.7 Å². The van der Waals surface area contributed by atoms with Gasteiger partial charge in [0, 0.05) is 37.1 Å². The van der Waals surface area contributed by atoms with E-state index in [1.807, 2.05) is 42.5 Å². The summed E-state index contributed by atoms with van der Waals surface area (Å²) < 4.78 is 11.0. The monoisotopic (exact) mass is 539 g/mol. The number of morpholine rings is 2. The van der Waals surface area contributed by atoms with Crippen molar-refractivity contribution in [2.45, 2.75) is 0 Å². The molecule has 0 bridgehead atoms. The molecule has 2 saturated heterocycles. The Kier molecular flexibility index (Phi) is 7.69. The minimum atomic E-state index is 0.0633. The quantitative estimate of drug-likeness (QED) is 0.201. The number of phenolic OH excluding ortho intramolecular Hbond substituents is 1. The van der Waals surface area contributed by atoms with E-state index in [9.17, 15) is 5.11 Å². The number of ether oxygens (including phenoxy) is 2. The number of nitrogens with zero attached hydrogens (tertiary/aromatic N) is 8. The number of aromatic hydroxyl groups is 1. The number of hydrazone groups is 1. The van der Waals surface area contributed by atoms with E-state index in [1.54, 1.807) is 18.2 Å². The Labute approximate surface area is 231 Å². The normalized spacial score (nSPS) is 16.3. The van der Waals surface area contributed by atoms with Gasteiger partial charge in [0.2, 0.25) is 17.8 Å². The smallest absolute Gasteiger partial charge is 0.250 e. The summed E-state index contributed by atoms with van der Waals surface area (Å²) in [7, 11) is 0. The van der Waals surface area contributed by atoms with Crippen molar-refractivity contribution < 1.29 is 14.6 Å². The lowest BCUT2D eigenvalue weighted by atomic mass is 10.1. The average Bonchev–Trinajstić information content (AvgIpc) is 3.02. The van der Waals surface area contributed by atoms with E-state index in [0.29, 0.717) is 81.7 Å². The molecule has 1 aromatic heterocycles. The maximum absolute atomic E-state index is 10.4. The zero-order valence-corrected chi connectivity index (χ0v) is 21.8. The molecule has 12 heteroatoms. The molecule has 6 rings (SSSR count). The molecule has 0 atom stereocenters.